The Morgan fingerprint density at radius 1 is 0.848 bits per heavy atom. The molecule has 0 N–H and O–H groups in total. The summed E-state index contributed by atoms with van der Waals surface area (Å²) in [5, 5.41) is 0. The maximum atomic E-state index is 13.2. The Kier molecular flexibility index (Phi) is 7.03. The summed E-state index contributed by atoms with van der Waals surface area (Å²) in [6.07, 6.45) is 0. The molecular weight excluding hydrogens is 416 g/mol. The lowest BCUT2D eigenvalue weighted by Crippen LogP contribution is -2.48. The third kappa shape index (κ3) is 5.40. The smallest absolute Gasteiger partial charge is 0.253 e. The molecule has 1 saturated heterocycles. The van der Waals surface area contributed by atoms with Crippen LogP contribution in [0.1, 0.15) is 21.5 Å². The van der Waals surface area contributed by atoms with Gasteiger partial charge < -0.3 is 24.0 Å². The van der Waals surface area contributed by atoms with Crippen molar-refractivity contribution in [1.82, 2.24) is 4.90 Å². The van der Waals surface area contributed by atoms with Crippen molar-refractivity contribution in [2.45, 2.75) is 13.5 Å². The summed E-state index contributed by atoms with van der Waals surface area (Å²) in [7, 11) is 3.30. The number of ether oxygens (including phenoxy) is 3. The third-order valence-corrected chi connectivity index (χ3v) is 5.92. The number of rotatable bonds is 7. The second kappa shape index (κ2) is 10.3. The van der Waals surface area contributed by atoms with Crippen molar-refractivity contribution < 1.29 is 19.0 Å². The van der Waals surface area contributed by atoms with Gasteiger partial charge in [-0.1, -0.05) is 12.1 Å². The Bertz CT molecular complexity index is 1090. The van der Waals surface area contributed by atoms with Gasteiger partial charge in [0.2, 0.25) is 0 Å². The summed E-state index contributed by atoms with van der Waals surface area (Å²) >= 11 is 0. The molecule has 6 heteroatoms. The van der Waals surface area contributed by atoms with E-state index in [0.717, 1.165) is 41.4 Å². The van der Waals surface area contributed by atoms with E-state index in [0.29, 0.717) is 31.0 Å². The third-order valence-electron chi connectivity index (χ3n) is 5.92. The van der Waals surface area contributed by atoms with Gasteiger partial charge in [-0.05, 0) is 67.1 Å². The number of piperazine rings is 1. The molecule has 0 bridgehead atoms. The summed E-state index contributed by atoms with van der Waals surface area (Å²) in [6.45, 7) is 5.28. The van der Waals surface area contributed by atoms with Crippen LogP contribution >= 0.6 is 0 Å². The molecule has 0 saturated carbocycles. The van der Waals surface area contributed by atoms with Gasteiger partial charge in [0.1, 0.15) is 23.9 Å². The molecule has 172 valence electrons. The zero-order valence-corrected chi connectivity index (χ0v) is 19.4. The molecule has 6 nitrogen and oxygen atoms in total. The van der Waals surface area contributed by atoms with E-state index in [-0.39, 0.29) is 5.91 Å². The van der Waals surface area contributed by atoms with Crippen LogP contribution < -0.4 is 19.1 Å². The van der Waals surface area contributed by atoms with Crippen LogP contribution in [0.2, 0.25) is 0 Å². The van der Waals surface area contributed by atoms with Gasteiger partial charge in [0.25, 0.3) is 5.91 Å². The van der Waals surface area contributed by atoms with Crippen molar-refractivity contribution in [3.05, 3.63) is 83.4 Å². The summed E-state index contributed by atoms with van der Waals surface area (Å²) < 4.78 is 16.7. The van der Waals surface area contributed by atoms with Gasteiger partial charge in [-0.25, -0.2) is 0 Å². The first-order valence-electron chi connectivity index (χ1n) is 11.1. The molecule has 0 unspecified atom stereocenters. The highest BCUT2D eigenvalue weighted by atomic mass is 16.5. The Labute approximate surface area is 195 Å². The molecule has 3 aromatic rings. The van der Waals surface area contributed by atoms with Gasteiger partial charge in [-0.3, -0.25) is 4.79 Å². The Hall–Kier alpha value is -3.67. The summed E-state index contributed by atoms with van der Waals surface area (Å²) in [4.78, 5) is 17.4. The van der Waals surface area contributed by atoms with Crippen LogP contribution in [0.5, 0.6) is 17.2 Å². The van der Waals surface area contributed by atoms with E-state index in [9.17, 15) is 4.79 Å². The van der Waals surface area contributed by atoms with E-state index in [2.05, 4.69) is 17.0 Å². The normalized spacial score (nSPS) is 13.5. The number of benzene rings is 3. The molecule has 33 heavy (non-hydrogen) atoms. The quantitative estimate of drug-likeness (QED) is 0.533. The van der Waals surface area contributed by atoms with Crippen LogP contribution in [-0.2, 0) is 6.61 Å². The zero-order chi connectivity index (χ0) is 23.2. The second-order valence-corrected chi connectivity index (χ2v) is 8.11. The van der Waals surface area contributed by atoms with Crippen LogP contribution in [0.25, 0.3) is 0 Å². The standard InChI is InChI=1S/C27H30N2O4/c1-20-5-4-6-25(17-20)33-19-22-18-21(7-12-26(22)32-3)27(30)29-15-13-28(14-16-29)23-8-10-24(31-2)11-9-23/h4-12,17-18H,13-16,19H2,1-3H3. The number of hydrogen-bond donors (Lipinski definition) is 0. The molecule has 1 heterocycles. The first-order valence-corrected chi connectivity index (χ1v) is 11.1. The molecule has 0 atom stereocenters. The maximum Gasteiger partial charge on any atom is 0.253 e. The summed E-state index contributed by atoms with van der Waals surface area (Å²) in [6, 6.07) is 21.5. The predicted octanol–water partition coefficient (Wildman–Crippen LogP) is 4.55. The van der Waals surface area contributed by atoms with Gasteiger partial charge >= 0.3 is 0 Å². The largest absolute Gasteiger partial charge is 0.497 e. The van der Waals surface area contributed by atoms with E-state index in [1.54, 1.807) is 14.2 Å². The molecule has 0 aromatic heterocycles. The first-order chi connectivity index (χ1) is 16.1. The Morgan fingerprint density at radius 2 is 1.61 bits per heavy atom. The predicted molar refractivity (Wildman–Crippen MR) is 130 cm³/mol. The fraction of sp³-hybridized carbons (Fsp3) is 0.296. The van der Waals surface area contributed by atoms with Crippen molar-refractivity contribution in [3.63, 3.8) is 0 Å². The topological polar surface area (TPSA) is 51.2 Å². The average molecular weight is 447 g/mol. The fourth-order valence-electron chi connectivity index (χ4n) is 4.03. The second-order valence-electron chi connectivity index (χ2n) is 8.11. The minimum atomic E-state index is 0.0313. The van der Waals surface area contributed by atoms with Crippen molar-refractivity contribution in [2.75, 3.05) is 45.3 Å². The fourth-order valence-corrected chi connectivity index (χ4v) is 4.03. The molecule has 0 spiro atoms. The lowest BCUT2D eigenvalue weighted by Gasteiger charge is -2.36. The van der Waals surface area contributed by atoms with Crippen molar-refractivity contribution >= 4 is 11.6 Å². The van der Waals surface area contributed by atoms with Gasteiger partial charge in [-0.15, -0.1) is 0 Å². The maximum absolute atomic E-state index is 13.2. The molecule has 1 aliphatic heterocycles. The summed E-state index contributed by atoms with van der Waals surface area (Å²) in [5.41, 5.74) is 3.78. The lowest BCUT2D eigenvalue weighted by molar-refractivity contribution is 0.0746. The highest BCUT2D eigenvalue weighted by Crippen LogP contribution is 2.25. The number of carbonyl (C=O) groups excluding carboxylic acids is 1. The first kappa shape index (κ1) is 22.5. The SMILES string of the molecule is COc1ccc(N2CCN(C(=O)c3ccc(OC)c(COc4cccc(C)c4)c3)CC2)cc1. The number of methoxy groups -OCH3 is 2. The minimum absolute atomic E-state index is 0.0313. The molecule has 0 radical (unpaired) electrons. The molecule has 4 rings (SSSR count). The monoisotopic (exact) mass is 446 g/mol. The lowest BCUT2D eigenvalue weighted by atomic mass is 10.1. The Morgan fingerprint density at radius 3 is 2.27 bits per heavy atom. The zero-order valence-electron chi connectivity index (χ0n) is 19.4. The number of amides is 1. The Balaban J connectivity index is 1.41. The van der Waals surface area contributed by atoms with Crippen LogP contribution in [0.15, 0.2) is 66.7 Å². The molecular formula is C27H30N2O4. The van der Waals surface area contributed by atoms with E-state index in [1.807, 2.05) is 66.4 Å². The average Bonchev–Trinajstić information content (AvgIpc) is 2.87. The van der Waals surface area contributed by atoms with Crippen LogP contribution in [0.3, 0.4) is 0 Å². The highest BCUT2D eigenvalue weighted by Gasteiger charge is 2.23. The molecule has 0 aliphatic carbocycles. The van der Waals surface area contributed by atoms with Crippen molar-refractivity contribution in [1.29, 1.82) is 0 Å². The van der Waals surface area contributed by atoms with Crippen molar-refractivity contribution in [2.24, 2.45) is 0 Å². The number of hydrogen-bond acceptors (Lipinski definition) is 5. The minimum Gasteiger partial charge on any atom is -0.497 e. The van der Waals surface area contributed by atoms with Gasteiger partial charge in [0.15, 0.2) is 0 Å². The van der Waals surface area contributed by atoms with Gasteiger partial charge in [-0.2, -0.15) is 0 Å². The van der Waals surface area contributed by atoms with E-state index >= 15 is 0 Å². The molecule has 1 fully saturated rings. The molecule has 1 amide bonds. The van der Waals surface area contributed by atoms with Crippen LogP contribution in [0, 0.1) is 6.92 Å². The van der Waals surface area contributed by atoms with Gasteiger partial charge in [0, 0.05) is 43.0 Å². The number of carbonyl (C=O) groups is 1. The number of anilines is 1. The molecule has 3 aromatic carbocycles. The molecule has 1 aliphatic rings. The van der Waals surface area contributed by atoms with E-state index < -0.39 is 0 Å². The van der Waals surface area contributed by atoms with Crippen LogP contribution in [-0.4, -0.2) is 51.2 Å². The van der Waals surface area contributed by atoms with Gasteiger partial charge in [0.05, 0.1) is 14.2 Å². The number of aryl methyl sites for hydroxylation is 1. The highest BCUT2D eigenvalue weighted by molar-refractivity contribution is 5.94. The van der Waals surface area contributed by atoms with Crippen molar-refractivity contribution in [3.8, 4) is 17.2 Å². The van der Waals surface area contributed by atoms with E-state index in [1.165, 1.54) is 0 Å². The number of nitrogens with zero attached hydrogens (tertiary/aromatic N) is 2. The van der Waals surface area contributed by atoms with Crippen LogP contribution in [0.4, 0.5) is 5.69 Å². The summed E-state index contributed by atoms with van der Waals surface area (Å²) in [5.74, 6) is 2.38. The van der Waals surface area contributed by atoms with E-state index in [4.69, 9.17) is 14.2 Å².